The molecule has 0 aliphatic heterocycles. The molecule has 0 spiro atoms. The van der Waals surface area contributed by atoms with Gasteiger partial charge >= 0.3 is 0 Å². The molecule has 2 N–H and O–H groups in total. The van der Waals surface area contributed by atoms with Crippen molar-refractivity contribution in [2.24, 2.45) is 5.92 Å². The summed E-state index contributed by atoms with van der Waals surface area (Å²) in [5.74, 6) is 0.332. The predicted molar refractivity (Wildman–Crippen MR) is 69.5 cm³/mol. The van der Waals surface area contributed by atoms with Crippen LogP contribution in [0.25, 0.3) is 0 Å². The van der Waals surface area contributed by atoms with Crippen molar-refractivity contribution in [1.29, 1.82) is 0 Å². The van der Waals surface area contributed by atoms with Gasteiger partial charge in [0.2, 0.25) is 0 Å². The van der Waals surface area contributed by atoms with Crippen molar-refractivity contribution < 1.29 is 15.0 Å². The summed E-state index contributed by atoms with van der Waals surface area (Å²) in [5, 5.41) is 18.5. The molecule has 0 saturated heterocycles. The quantitative estimate of drug-likeness (QED) is 0.632. The number of phenolic OH excluding ortho intramolecular Hbond substituents is 1. The maximum Gasteiger partial charge on any atom is 0.185 e. The lowest BCUT2D eigenvalue weighted by Gasteiger charge is -2.08. The minimum absolute atomic E-state index is 0.0830. The first kappa shape index (κ1) is 12.2. The van der Waals surface area contributed by atoms with Crippen LogP contribution >= 0.6 is 0 Å². The molecule has 1 aliphatic rings. The molecule has 0 amide bonds. The first-order chi connectivity index (χ1) is 8.65. The normalized spacial score (nSPS) is 18.9. The Morgan fingerprint density at radius 3 is 2.83 bits per heavy atom. The average Bonchev–Trinajstić information content (AvgIpc) is 2.38. The first-order valence-electron chi connectivity index (χ1n) is 5.74. The highest BCUT2D eigenvalue weighted by Crippen LogP contribution is 2.17. The Hall–Kier alpha value is -2.29. The van der Waals surface area contributed by atoms with Crippen molar-refractivity contribution >= 4 is 5.78 Å². The first-order valence-corrected chi connectivity index (χ1v) is 5.74. The summed E-state index contributed by atoms with van der Waals surface area (Å²) in [5.41, 5.74) is 0.462. The van der Waals surface area contributed by atoms with Gasteiger partial charge < -0.3 is 10.2 Å². The van der Waals surface area contributed by atoms with Crippen LogP contribution in [0.15, 0.2) is 60.4 Å². The van der Waals surface area contributed by atoms with Crippen molar-refractivity contribution in [1.82, 2.24) is 0 Å². The number of aliphatic hydroxyl groups excluding tert-OH is 1. The molecule has 3 nitrogen and oxygen atoms in total. The lowest BCUT2D eigenvalue weighted by Crippen LogP contribution is -1.99. The summed E-state index contributed by atoms with van der Waals surface area (Å²) in [6, 6.07) is 6.26. The number of carbonyl (C=O) groups is 1. The standard InChI is InChI=1S/C15H14O3/c16-13-7-4-11(5-8-13)6-9-15(18)12-2-1-3-14(17)10-12/h1-4,6-11,16-17H,5H2/b9-6-. The molecule has 1 unspecified atom stereocenters. The van der Waals surface area contributed by atoms with Crippen LogP contribution in [0.5, 0.6) is 5.75 Å². The van der Waals surface area contributed by atoms with E-state index in [-0.39, 0.29) is 23.2 Å². The minimum Gasteiger partial charge on any atom is -0.508 e. The summed E-state index contributed by atoms with van der Waals surface area (Å²) in [7, 11) is 0. The number of phenols is 1. The number of hydrogen-bond donors (Lipinski definition) is 2. The average molecular weight is 242 g/mol. The lowest BCUT2D eigenvalue weighted by atomic mass is 9.98. The third kappa shape index (κ3) is 3.10. The van der Waals surface area contributed by atoms with Crippen LogP contribution in [-0.4, -0.2) is 16.0 Å². The molecular weight excluding hydrogens is 228 g/mol. The predicted octanol–water partition coefficient (Wildman–Crippen LogP) is 3.15. The summed E-state index contributed by atoms with van der Waals surface area (Å²) in [6.45, 7) is 0. The van der Waals surface area contributed by atoms with Gasteiger partial charge in [-0.3, -0.25) is 4.79 Å². The van der Waals surface area contributed by atoms with Gasteiger partial charge in [-0.25, -0.2) is 0 Å². The van der Waals surface area contributed by atoms with E-state index in [1.807, 2.05) is 6.08 Å². The van der Waals surface area contributed by atoms with Crippen LogP contribution < -0.4 is 0 Å². The molecule has 2 rings (SSSR count). The summed E-state index contributed by atoms with van der Waals surface area (Å²) < 4.78 is 0. The van der Waals surface area contributed by atoms with E-state index >= 15 is 0 Å². The fourth-order valence-corrected chi connectivity index (χ4v) is 1.73. The van der Waals surface area contributed by atoms with E-state index < -0.39 is 0 Å². The fourth-order valence-electron chi connectivity index (χ4n) is 1.73. The molecule has 92 valence electrons. The van der Waals surface area contributed by atoms with Gasteiger partial charge in [-0.1, -0.05) is 24.3 Å². The topological polar surface area (TPSA) is 57.5 Å². The van der Waals surface area contributed by atoms with Crippen LogP contribution in [0.2, 0.25) is 0 Å². The van der Waals surface area contributed by atoms with E-state index in [0.29, 0.717) is 12.0 Å². The Labute approximate surface area is 105 Å². The van der Waals surface area contributed by atoms with Gasteiger partial charge in [0.1, 0.15) is 11.5 Å². The highest BCUT2D eigenvalue weighted by Gasteiger charge is 2.06. The van der Waals surface area contributed by atoms with E-state index in [4.69, 9.17) is 5.11 Å². The van der Waals surface area contributed by atoms with E-state index in [1.165, 1.54) is 18.2 Å². The van der Waals surface area contributed by atoms with Gasteiger partial charge in [0.05, 0.1) is 0 Å². The number of aromatic hydroxyl groups is 1. The molecule has 1 atom stereocenters. The molecule has 0 bridgehead atoms. The fraction of sp³-hybridized carbons (Fsp3) is 0.133. The summed E-state index contributed by atoms with van der Waals surface area (Å²) >= 11 is 0. The van der Waals surface area contributed by atoms with Crippen LogP contribution in [0.3, 0.4) is 0 Å². The highest BCUT2D eigenvalue weighted by molar-refractivity contribution is 6.04. The molecule has 1 aromatic carbocycles. The second-order valence-electron chi connectivity index (χ2n) is 4.16. The second-order valence-corrected chi connectivity index (χ2v) is 4.16. The monoisotopic (exact) mass is 242 g/mol. The van der Waals surface area contributed by atoms with Gasteiger partial charge in [-0.15, -0.1) is 0 Å². The number of benzene rings is 1. The summed E-state index contributed by atoms with van der Waals surface area (Å²) in [4.78, 5) is 11.8. The molecular formula is C15H14O3. The van der Waals surface area contributed by atoms with Gasteiger partial charge in [0.15, 0.2) is 5.78 Å². The smallest absolute Gasteiger partial charge is 0.185 e. The summed E-state index contributed by atoms with van der Waals surface area (Å²) in [6.07, 6.45) is 9.17. The minimum atomic E-state index is -0.141. The van der Waals surface area contributed by atoms with Crippen molar-refractivity contribution in [3.63, 3.8) is 0 Å². The lowest BCUT2D eigenvalue weighted by molar-refractivity contribution is 0.104. The maximum atomic E-state index is 11.8. The molecule has 0 saturated carbocycles. The Balaban J connectivity index is 2.02. The van der Waals surface area contributed by atoms with Gasteiger partial charge in [-0.2, -0.15) is 0 Å². The SMILES string of the molecule is O=C(/C=C\C1C=CC(O)=CC1)c1cccc(O)c1. The highest BCUT2D eigenvalue weighted by atomic mass is 16.3. The molecule has 1 aromatic rings. The van der Waals surface area contributed by atoms with Gasteiger partial charge in [0.25, 0.3) is 0 Å². The zero-order chi connectivity index (χ0) is 13.0. The second kappa shape index (κ2) is 5.36. The van der Waals surface area contributed by atoms with Crippen molar-refractivity contribution in [3.05, 3.63) is 66.0 Å². The Bertz CT molecular complexity index is 538. The maximum absolute atomic E-state index is 11.8. The molecule has 0 fully saturated rings. The van der Waals surface area contributed by atoms with E-state index in [1.54, 1.807) is 30.4 Å². The van der Waals surface area contributed by atoms with Crippen molar-refractivity contribution in [3.8, 4) is 5.75 Å². The van der Waals surface area contributed by atoms with E-state index in [0.717, 1.165) is 0 Å². The number of rotatable bonds is 3. The largest absolute Gasteiger partial charge is 0.508 e. The van der Waals surface area contributed by atoms with Gasteiger partial charge in [0, 0.05) is 5.56 Å². The zero-order valence-electron chi connectivity index (χ0n) is 9.78. The third-order valence-electron chi connectivity index (χ3n) is 2.74. The number of aliphatic hydroxyl groups is 1. The molecule has 3 heteroatoms. The van der Waals surface area contributed by atoms with Crippen molar-refractivity contribution in [2.45, 2.75) is 6.42 Å². The van der Waals surface area contributed by atoms with Crippen LogP contribution in [-0.2, 0) is 0 Å². The number of ketones is 1. The molecule has 18 heavy (non-hydrogen) atoms. The Kier molecular flexibility index (Phi) is 3.63. The molecule has 0 radical (unpaired) electrons. The molecule has 1 aliphatic carbocycles. The van der Waals surface area contributed by atoms with Crippen LogP contribution in [0.4, 0.5) is 0 Å². The van der Waals surface area contributed by atoms with Crippen LogP contribution in [0.1, 0.15) is 16.8 Å². The number of hydrogen-bond acceptors (Lipinski definition) is 3. The van der Waals surface area contributed by atoms with Crippen LogP contribution in [0, 0.1) is 5.92 Å². The van der Waals surface area contributed by atoms with E-state index in [9.17, 15) is 9.90 Å². The molecule has 0 heterocycles. The number of carbonyl (C=O) groups excluding carboxylic acids is 1. The third-order valence-corrected chi connectivity index (χ3v) is 2.74. The molecule has 0 aromatic heterocycles. The Morgan fingerprint density at radius 1 is 1.33 bits per heavy atom. The van der Waals surface area contributed by atoms with Gasteiger partial charge in [-0.05, 0) is 42.7 Å². The van der Waals surface area contributed by atoms with Crippen molar-refractivity contribution in [2.75, 3.05) is 0 Å². The zero-order valence-corrected chi connectivity index (χ0v) is 9.78. The number of allylic oxidation sites excluding steroid dienone is 5. The Morgan fingerprint density at radius 2 is 2.17 bits per heavy atom. The van der Waals surface area contributed by atoms with E-state index in [2.05, 4.69) is 0 Å².